The van der Waals surface area contributed by atoms with Crippen LogP contribution in [0.15, 0.2) is 0 Å². The van der Waals surface area contributed by atoms with Crippen molar-refractivity contribution in [3.8, 4) is 0 Å². The fourth-order valence-electron chi connectivity index (χ4n) is 3.65. The summed E-state index contributed by atoms with van der Waals surface area (Å²) in [6.07, 6.45) is 7.69. The molecule has 1 saturated heterocycles. The van der Waals surface area contributed by atoms with Gasteiger partial charge in [0, 0.05) is 6.04 Å². The summed E-state index contributed by atoms with van der Waals surface area (Å²) < 4.78 is 0. The average Bonchev–Trinajstić information content (AvgIpc) is 2.82. The molecule has 0 aromatic carbocycles. The van der Waals surface area contributed by atoms with E-state index in [4.69, 9.17) is 0 Å². The van der Waals surface area contributed by atoms with Crippen LogP contribution in [-0.2, 0) is 4.79 Å². The van der Waals surface area contributed by atoms with Crippen molar-refractivity contribution in [2.24, 2.45) is 11.8 Å². The first-order chi connectivity index (χ1) is 8.55. The van der Waals surface area contributed by atoms with Crippen LogP contribution in [0.5, 0.6) is 0 Å². The molecule has 18 heavy (non-hydrogen) atoms. The van der Waals surface area contributed by atoms with Crippen LogP contribution < -0.4 is 5.32 Å². The highest BCUT2D eigenvalue weighted by Crippen LogP contribution is 2.46. The Hall–Kier alpha value is -0.570. The van der Waals surface area contributed by atoms with Crippen molar-refractivity contribution in [2.75, 3.05) is 0 Å². The maximum absolute atomic E-state index is 12.7. The van der Waals surface area contributed by atoms with Gasteiger partial charge in [0.2, 0.25) is 5.91 Å². The second-order valence-electron chi connectivity index (χ2n) is 6.91. The molecular weight excluding hydrogens is 224 g/mol. The van der Waals surface area contributed by atoms with Gasteiger partial charge in [-0.2, -0.15) is 0 Å². The normalized spacial score (nSPS) is 32.8. The zero-order chi connectivity index (χ0) is 12.9. The fraction of sp³-hybridized carbons (Fsp3) is 0.933. The van der Waals surface area contributed by atoms with E-state index in [1.165, 1.54) is 25.7 Å². The molecule has 0 aromatic heterocycles. The van der Waals surface area contributed by atoms with E-state index in [1.807, 2.05) is 0 Å². The molecule has 1 spiro atoms. The number of hydrogen-bond acceptors (Lipinski definition) is 2. The molecule has 102 valence electrons. The molecule has 1 heterocycles. The molecule has 0 bridgehead atoms. The Morgan fingerprint density at radius 2 is 1.83 bits per heavy atom. The van der Waals surface area contributed by atoms with Gasteiger partial charge in [-0.1, -0.05) is 26.7 Å². The molecule has 2 aliphatic carbocycles. The van der Waals surface area contributed by atoms with Crippen molar-refractivity contribution in [3.63, 3.8) is 0 Å². The predicted molar refractivity (Wildman–Crippen MR) is 72.0 cm³/mol. The Balaban J connectivity index is 1.83. The minimum Gasteiger partial charge on any atom is -0.322 e. The molecule has 3 fully saturated rings. The van der Waals surface area contributed by atoms with Gasteiger partial charge < -0.3 is 4.90 Å². The third kappa shape index (κ3) is 1.78. The zero-order valence-corrected chi connectivity index (χ0v) is 11.9. The lowest BCUT2D eigenvalue weighted by atomic mass is 9.99. The molecule has 3 aliphatic rings. The Bertz CT molecular complexity index is 342. The van der Waals surface area contributed by atoms with Gasteiger partial charge in [-0.05, 0) is 44.4 Å². The van der Waals surface area contributed by atoms with Crippen molar-refractivity contribution in [2.45, 2.75) is 77.0 Å². The summed E-state index contributed by atoms with van der Waals surface area (Å²) in [4.78, 5) is 14.9. The molecule has 0 aromatic rings. The van der Waals surface area contributed by atoms with Crippen molar-refractivity contribution >= 4 is 5.91 Å². The Labute approximate surface area is 110 Å². The van der Waals surface area contributed by atoms with E-state index < -0.39 is 0 Å². The Morgan fingerprint density at radius 1 is 1.22 bits per heavy atom. The van der Waals surface area contributed by atoms with E-state index in [1.54, 1.807) is 0 Å². The zero-order valence-electron chi connectivity index (χ0n) is 11.9. The van der Waals surface area contributed by atoms with Gasteiger partial charge in [-0.15, -0.1) is 0 Å². The van der Waals surface area contributed by atoms with Gasteiger partial charge in [0.25, 0.3) is 0 Å². The number of hydrogen-bond donors (Lipinski definition) is 1. The molecule has 1 aliphatic heterocycles. The first-order valence-electron chi connectivity index (χ1n) is 7.66. The van der Waals surface area contributed by atoms with Crippen LogP contribution in [0.4, 0.5) is 0 Å². The quantitative estimate of drug-likeness (QED) is 0.834. The highest BCUT2D eigenvalue weighted by Gasteiger charge is 2.61. The SMILES string of the molecule is CC(C)C(C)N1C(=O)C2(CC2)NC1C1CCCC1. The molecule has 3 heteroatoms. The monoisotopic (exact) mass is 250 g/mol. The minimum atomic E-state index is -0.142. The number of carbonyl (C=O) groups is 1. The smallest absolute Gasteiger partial charge is 0.244 e. The number of nitrogens with one attached hydrogen (secondary N) is 1. The molecule has 0 radical (unpaired) electrons. The first kappa shape index (κ1) is 12.5. The minimum absolute atomic E-state index is 0.142. The summed E-state index contributed by atoms with van der Waals surface area (Å²) >= 11 is 0. The van der Waals surface area contributed by atoms with E-state index in [-0.39, 0.29) is 5.54 Å². The summed E-state index contributed by atoms with van der Waals surface area (Å²) in [5.74, 6) is 1.62. The van der Waals surface area contributed by atoms with E-state index in [9.17, 15) is 4.79 Å². The van der Waals surface area contributed by atoms with Gasteiger partial charge >= 0.3 is 0 Å². The van der Waals surface area contributed by atoms with Crippen molar-refractivity contribution in [1.82, 2.24) is 10.2 Å². The number of carbonyl (C=O) groups excluding carboxylic acids is 1. The summed E-state index contributed by atoms with van der Waals surface area (Å²) in [6.45, 7) is 6.66. The molecule has 3 nitrogen and oxygen atoms in total. The van der Waals surface area contributed by atoms with Crippen LogP contribution in [0, 0.1) is 11.8 Å². The maximum Gasteiger partial charge on any atom is 0.244 e. The lowest BCUT2D eigenvalue weighted by Gasteiger charge is -2.35. The van der Waals surface area contributed by atoms with Gasteiger partial charge in [0.1, 0.15) is 0 Å². The number of amides is 1. The van der Waals surface area contributed by atoms with Crippen LogP contribution in [0.2, 0.25) is 0 Å². The van der Waals surface area contributed by atoms with Gasteiger partial charge in [-0.25, -0.2) is 0 Å². The van der Waals surface area contributed by atoms with Gasteiger partial charge in [0.05, 0.1) is 11.7 Å². The van der Waals surface area contributed by atoms with Crippen LogP contribution in [-0.4, -0.2) is 28.6 Å². The lowest BCUT2D eigenvalue weighted by molar-refractivity contribution is -0.134. The van der Waals surface area contributed by atoms with Crippen molar-refractivity contribution < 1.29 is 4.79 Å². The molecule has 2 unspecified atom stereocenters. The summed E-state index contributed by atoms with van der Waals surface area (Å²) in [7, 11) is 0. The largest absolute Gasteiger partial charge is 0.322 e. The van der Waals surface area contributed by atoms with E-state index >= 15 is 0 Å². The highest BCUT2D eigenvalue weighted by molar-refractivity contribution is 5.92. The van der Waals surface area contributed by atoms with E-state index in [0.717, 1.165) is 12.8 Å². The standard InChI is InChI=1S/C15H26N2O/c1-10(2)11(3)17-13(12-6-4-5-7-12)16-15(8-9-15)14(17)18/h10-13,16H,4-9H2,1-3H3. The maximum atomic E-state index is 12.7. The van der Waals surface area contributed by atoms with E-state index in [0.29, 0.717) is 30.0 Å². The van der Waals surface area contributed by atoms with Crippen LogP contribution in [0.3, 0.4) is 0 Å². The second kappa shape index (κ2) is 4.22. The van der Waals surface area contributed by atoms with Crippen LogP contribution in [0.1, 0.15) is 59.3 Å². The lowest BCUT2D eigenvalue weighted by Crippen LogP contribution is -2.48. The molecule has 2 saturated carbocycles. The van der Waals surface area contributed by atoms with Crippen LogP contribution in [0.25, 0.3) is 0 Å². The molecular formula is C15H26N2O. The average molecular weight is 250 g/mol. The molecule has 3 rings (SSSR count). The van der Waals surface area contributed by atoms with E-state index in [2.05, 4.69) is 31.0 Å². The third-order valence-corrected chi connectivity index (χ3v) is 5.37. The molecule has 2 atom stereocenters. The van der Waals surface area contributed by atoms with Crippen molar-refractivity contribution in [1.29, 1.82) is 0 Å². The first-order valence-corrected chi connectivity index (χ1v) is 7.66. The Kier molecular flexibility index (Phi) is 2.92. The van der Waals surface area contributed by atoms with Gasteiger partial charge in [-0.3, -0.25) is 10.1 Å². The number of rotatable bonds is 3. The summed E-state index contributed by atoms with van der Waals surface area (Å²) in [5.41, 5.74) is -0.142. The summed E-state index contributed by atoms with van der Waals surface area (Å²) in [5, 5.41) is 3.70. The summed E-state index contributed by atoms with van der Waals surface area (Å²) in [6, 6.07) is 0.357. The van der Waals surface area contributed by atoms with Crippen molar-refractivity contribution in [3.05, 3.63) is 0 Å². The fourth-order valence-corrected chi connectivity index (χ4v) is 3.65. The Morgan fingerprint density at radius 3 is 2.33 bits per heavy atom. The topological polar surface area (TPSA) is 32.3 Å². The second-order valence-corrected chi connectivity index (χ2v) is 6.91. The molecule has 1 amide bonds. The highest BCUT2D eigenvalue weighted by atomic mass is 16.2. The molecule has 1 N–H and O–H groups in total. The van der Waals surface area contributed by atoms with Gasteiger partial charge in [0.15, 0.2) is 0 Å². The third-order valence-electron chi connectivity index (χ3n) is 5.37. The number of nitrogens with zero attached hydrogens (tertiary/aromatic N) is 1. The predicted octanol–water partition coefficient (Wildman–Crippen LogP) is 2.51. The van der Waals surface area contributed by atoms with Crippen LogP contribution >= 0.6 is 0 Å².